The molecule has 0 fully saturated rings. The fourth-order valence-electron chi connectivity index (χ4n) is 2.83. The normalized spacial score (nSPS) is 10.8. The van der Waals surface area contributed by atoms with Crippen LogP contribution in [0.2, 0.25) is 5.15 Å². The molecule has 0 aliphatic heterocycles. The van der Waals surface area contributed by atoms with Gasteiger partial charge in [0.15, 0.2) is 0 Å². The number of hydrogen-bond donors (Lipinski definition) is 2. The molecule has 0 aliphatic carbocycles. The summed E-state index contributed by atoms with van der Waals surface area (Å²) in [5, 5.41) is 12.8. The van der Waals surface area contributed by atoms with E-state index in [2.05, 4.69) is 48.6 Å². The number of H-pyrrole nitrogens is 1. The average Bonchev–Trinajstić information content (AvgIpc) is 3.18. The molecule has 26 heavy (non-hydrogen) atoms. The van der Waals surface area contributed by atoms with Crippen molar-refractivity contribution >= 4 is 39.6 Å². The fraction of sp³-hybridized carbons (Fsp3) is 0.105. The van der Waals surface area contributed by atoms with Crippen molar-refractivity contribution in [2.24, 2.45) is 0 Å². The third-order valence-electron chi connectivity index (χ3n) is 4.16. The van der Waals surface area contributed by atoms with Crippen molar-refractivity contribution in [3.05, 3.63) is 71.9 Å². The van der Waals surface area contributed by atoms with Gasteiger partial charge in [0, 0.05) is 31.4 Å². The molecule has 0 radical (unpaired) electrons. The smallest absolute Gasteiger partial charge is 0.138 e. The van der Waals surface area contributed by atoms with Crippen LogP contribution in [-0.4, -0.2) is 27.2 Å². The largest absolute Gasteiger partial charge is 0.368 e. The third kappa shape index (κ3) is 3.45. The Bertz CT molecular complexity index is 1010. The molecule has 3 heterocycles. The topological polar surface area (TPSA) is 69.7 Å². The van der Waals surface area contributed by atoms with Crippen LogP contribution in [0.1, 0.15) is 5.56 Å². The number of aromatic amines is 1. The SMILES string of the molecule is CN(Cc1ccc2c(Nc3ccc(Cl)nc3)nccc2c1)c1cn[nH]c1. The Morgan fingerprint density at radius 2 is 2.04 bits per heavy atom. The third-order valence-corrected chi connectivity index (χ3v) is 4.39. The Labute approximate surface area is 155 Å². The lowest BCUT2D eigenvalue weighted by molar-refractivity contribution is 0.925. The first kappa shape index (κ1) is 16.4. The molecule has 0 bridgehead atoms. The van der Waals surface area contributed by atoms with E-state index in [1.165, 1.54) is 5.56 Å². The van der Waals surface area contributed by atoms with E-state index in [0.29, 0.717) is 5.15 Å². The minimum absolute atomic E-state index is 0.466. The number of benzene rings is 1. The van der Waals surface area contributed by atoms with Gasteiger partial charge in [-0.3, -0.25) is 5.10 Å². The molecule has 0 unspecified atom stereocenters. The van der Waals surface area contributed by atoms with Crippen LogP contribution in [0.5, 0.6) is 0 Å². The maximum atomic E-state index is 5.84. The van der Waals surface area contributed by atoms with E-state index in [1.54, 1.807) is 18.5 Å². The summed E-state index contributed by atoms with van der Waals surface area (Å²) in [7, 11) is 2.04. The molecule has 0 atom stereocenters. The van der Waals surface area contributed by atoms with E-state index < -0.39 is 0 Å². The van der Waals surface area contributed by atoms with Gasteiger partial charge in [-0.05, 0) is 35.2 Å². The van der Waals surface area contributed by atoms with Crippen LogP contribution in [0, 0.1) is 0 Å². The first-order chi connectivity index (χ1) is 12.7. The Balaban J connectivity index is 1.60. The van der Waals surface area contributed by atoms with Crippen LogP contribution in [0.4, 0.5) is 17.2 Å². The van der Waals surface area contributed by atoms with Crippen molar-refractivity contribution in [1.82, 2.24) is 20.2 Å². The zero-order valence-corrected chi connectivity index (χ0v) is 14.9. The lowest BCUT2D eigenvalue weighted by atomic mass is 10.1. The van der Waals surface area contributed by atoms with E-state index in [9.17, 15) is 0 Å². The van der Waals surface area contributed by atoms with Crippen molar-refractivity contribution < 1.29 is 0 Å². The monoisotopic (exact) mass is 364 g/mol. The second kappa shape index (κ2) is 7.01. The van der Waals surface area contributed by atoms with E-state index in [0.717, 1.165) is 34.5 Å². The molecule has 0 saturated carbocycles. The second-order valence-electron chi connectivity index (χ2n) is 6.02. The number of pyridine rings is 2. The Hall–Kier alpha value is -3.12. The van der Waals surface area contributed by atoms with Crippen molar-refractivity contribution in [2.75, 3.05) is 17.3 Å². The molecule has 0 aliphatic rings. The van der Waals surface area contributed by atoms with Gasteiger partial charge < -0.3 is 10.2 Å². The number of nitrogens with one attached hydrogen (secondary N) is 2. The summed E-state index contributed by atoms with van der Waals surface area (Å²) >= 11 is 5.84. The van der Waals surface area contributed by atoms with Crippen molar-refractivity contribution in [3.63, 3.8) is 0 Å². The maximum absolute atomic E-state index is 5.84. The fourth-order valence-corrected chi connectivity index (χ4v) is 2.94. The number of hydrogen-bond acceptors (Lipinski definition) is 5. The van der Waals surface area contributed by atoms with Gasteiger partial charge in [0.2, 0.25) is 0 Å². The molecule has 1 aromatic carbocycles. The predicted molar refractivity (Wildman–Crippen MR) is 105 cm³/mol. The number of aromatic nitrogens is 4. The number of fused-ring (bicyclic) bond motifs is 1. The van der Waals surface area contributed by atoms with Gasteiger partial charge in [-0.25, -0.2) is 9.97 Å². The van der Waals surface area contributed by atoms with Gasteiger partial charge in [0.1, 0.15) is 11.0 Å². The molecular weight excluding hydrogens is 348 g/mol. The summed E-state index contributed by atoms with van der Waals surface area (Å²) in [6.07, 6.45) is 7.19. The number of nitrogens with zero attached hydrogens (tertiary/aromatic N) is 4. The predicted octanol–water partition coefficient (Wildman–Crippen LogP) is 4.39. The second-order valence-corrected chi connectivity index (χ2v) is 6.41. The van der Waals surface area contributed by atoms with E-state index in [-0.39, 0.29) is 0 Å². The van der Waals surface area contributed by atoms with Crippen LogP contribution < -0.4 is 10.2 Å². The van der Waals surface area contributed by atoms with E-state index in [1.807, 2.05) is 31.6 Å². The van der Waals surface area contributed by atoms with Gasteiger partial charge >= 0.3 is 0 Å². The van der Waals surface area contributed by atoms with Crippen molar-refractivity contribution in [3.8, 4) is 0 Å². The molecular formula is C19H17ClN6. The van der Waals surface area contributed by atoms with Crippen molar-refractivity contribution in [2.45, 2.75) is 6.54 Å². The summed E-state index contributed by atoms with van der Waals surface area (Å²) in [5.74, 6) is 0.793. The summed E-state index contributed by atoms with van der Waals surface area (Å²) < 4.78 is 0. The summed E-state index contributed by atoms with van der Waals surface area (Å²) in [4.78, 5) is 10.7. The zero-order valence-electron chi connectivity index (χ0n) is 14.1. The lowest BCUT2D eigenvalue weighted by Crippen LogP contribution is -2.15. The Kier molecular flexibility index (Phi) is 4.41. The molecule has 4 rings (SSSR count). The minimum atomic E-state index is 0.466. The Morgan fingerprint density at radius 1 is 1.12 bits per heavy atom. The van der Waals surface area contributed by atoms with Gasteiger partial charge in [-0.1, -0.05) is 23.7 Å². The summed E-state index contributed by atoms with van der Waals surface area (Å²) in [5.41, 5.74) is 3.11. The maximum Gasteiger partial charge on any atom is 0.138 e. The number of rotatable bonds is 5. The molecule has 0 spiro atoms. The highest BCUT2D eigenvalue weighted by Gasteiger charge is 2.07. The molecule has 130 valence electrons. The highest BCUT2D eigenvalue weighted by Crippen LogP contribution is 2.26. The number of halogens is 1. The first-order valence-corrected chi connectivity index (χ1v) is 8.53. The van der Waals surface area contributed by atoms with E-state index in [4.69, 9.17) is 11.6 Å². The minimum Gasteiger partial charge on any atom is -0.368 e. The highest BCUT2D eigenvalue weighted by atomic mass is 35.5. The molecule has 3 aromatic heterocycles. The molecule has 7 heteroatoms. The van der Waals surface area contributed by atoms with E-state index >= 15 is 0 Å². The van der Waals surface area contributed by atoms with Gasteiger partial charge in [0.25, 0.3) is 0 Å². The first-order valence-electron chi connectivity index (χ1n) is 8.15. The van der Waals surface area contributed by atoms with Crippen LogP contribution in [0.15, 0.2) is 61.2 Å². The quantitative estimate of drug-likeness (QED) is 0.514. The molecule has 2 N–H and O–H groups in total. The van der Waals surface area contributed by atoms with Gasteiger partial charge in [0.05, 0.1) is 23.8 Å². The molecule has 0 saturated heterocycles. The van der Waals surface area contributed by atoms with Crippen LogP contribution in [0.3, 0.4) is 0 Å². The summed E-state index contributed by atoms with van der Waals surface area (Å²) in [6, 6.07) is 12.0. The van der Waals surface area contributed by atoms with Gasteiger partial charge in [-0.15, -0.1) is 0 Å². The standard InChI is InChI=1S/C19H17ClN6/c1-26(16-10-23-24-11-16)12-13-2-4-17-14(8-13)6-7-21-19(17)25-15-3-5-18(20)22-9-15/h2-11H,12H2,1H3,(H,21,25)(H,23,24). The van der Waals surface area contributed by atoms with Gasteiger partial charge in [-0.2, -0.15) is 5.10 Å². The molecule has 4 aromatic rings. The average molecular weight is 365 g/mol. The van der Waals surface area contributed by atoms with Crippen LogP contribution >= 0.6 is 11.6 Å². The van der Waals surface area contributed by atoms with Crippen molar-refractivity contribution in [1.29, 1.82) is 0 Å². The molecule has 0 amide bonds. The summed E-state index contributed by atoms with van der Waals surface area (Å²) in [6.45, 7) is 0.793. The van der Waals surface area contributed by atoms with Crippen LogP contribution in [-0.2, 0) is 6.54 Å². The highest BCUT2D eigenvalue weighted by molar-refractivity contribution is 6.29. The van der Waals surface area contributed by atoms with Crippen LogP contribution in [0.25, 0.3) is 10.8 Å². The number of anilines is 3. The molecule has 6 nitrogen and oxygen atoms in total. The zero-order chi connectivity index (χ0) is 17.9. The Morgan fingerprint density at radius 3 is 2.81 bits per heavy atom. The lowest BCUT2D eigenvalue weighted by Gasteiger charge is -2.17.